The van der Waals surface area contributed by atoms with Crippen molar-refractivity contribution in [3.05, 3.63) is 46.6 Å². The highest BCUT2D eigenvalue weighted by molar-refractivity contribution is 6.30. The van der Waals surface area contributed by atoms with Gasteiger partial charge in [0.1, 0.15) is 12.6 Å². The summed E-state index contributed by atoms with van der Waals surface area (Å²) >= 11 is 5.86. The molecule has 106 valence electrons. The fourth-order valence-electron chi connectivity index (χ4n) is 1.72. The number of ether oxygens (including phenoxy) is 1. The number of amides is 1. The van der Waals surface area contributed by atoms with Crippen LogP contribution >= 0.6 is 11.6 Å². The van der Waals surface area contributed by atoms with Crippen molar-refractivity contribution in [3.63, 3.8) is 0 Å². The summed E-state index contributed by atoms with van der Waals surface area (Å²) < 4.78 is 9.77. The molecule has 1 aromatic carbocycles. The Morgan fingerprint density at radius 1 is 1.45 bits per heavy atom. The lowest BCUT2D eigenvalue weighted by atomic mass is 10.1. The number of hydrogen-bond acceptors (Lipinski definition) is 5. The summed E-state index contributed by atoms with van der Waals surface area (Å²) in [4.78, 5) is 15.9. The molecule has 7 heteroatoms. The van der Waals surface area contributed by atoms with Gasteiger partial charge in [-0.15, -0.1) is 0 Å². The maximum atomic E-state index is 11.7. The van der Waals surface area contributed by atoms with E-state index in [1.54, 1.807) is 31.2 Å². The van der Waals surface area contributed by atoms with Gasteiger partial charge in [0.15, 0.2) is 5.82 Å². The van der Waals surface area contributed by atoms with Gasteiger partial charge in [0.05, 0.1) is 0 Å². The maximum absolute atomic E-state index is 11.7. The first-order valence-corrected chi connectivity index (χ1v) is 6.32. The minimum absolute atomic E-state index is 0.0408. The van der Waals surface area contributed by atoms with Crippen LogP contribution in [0.5, 0.6) is 0 Å². The van der Waals surface area contributed by atoms with E-state index in [-0.39, 0.29) is 12.5 Å². The van der Waals surface area contributed by atoms with E-state index in [1.807, 2.05) is 0 Å². The topological polar surface area (TPSA) is 77.2 Å². The molecule has 0 unspecified atom stereocenters. The molecule has 0 fully saturated rings. The van der Waals surface area contributed by atoms with Crippen molar-refractivity contribution in [3.8, 4) is 0 Å². The molecule has 0 radical (unpaired) electrons. The molecular formula is C13H14ClN3O3. The average Bonchev–Trinajstić information content (AvgIpc) is 2.84. The Bertz CT molecular complexity index is 583. The number of carbonyl (C=O) groups excluding carboxylic acids is 1. The summed E-state index contributed by atoms with van der Waals surface area (Å²) in [6.07, 6.45) is 0. The fourth-order valence-corrected chi connectivity index (χ4v) is 1.84. The highest BCUT2D eigenvalue weighted by Crippen LogP contribution is 2.21. The molecule has 0 aliphatic rings. The number of aryl methyl sites for hydroxylation is 1. The van der Waals surface area contributed by atoms with Crippen LogP contribution in [0, 0.1) is 6.92 Å². The van der Waals surface area contributed by atoms with Gasteiger partial charge in [-0.3, -0.25) is 4.79 Å². The highest BCUT2D eigenvalue weighted by atomic mass is 35.5. The first-order valence-electron chi connectivity index (χ1n) is 5.94. The van der Waals surface area contributed by atoms with Crippen molar-refractivity contribution < 1.29 is 14.1 Å². The molecule has 1 heterocycles. The van der Waals surface area contributed by atoms with E-state index in [4.69, 9.17) is 20.9 Å². The Labute approximate surface area is 121 Å². The maximum Gasteiger partial charge on any atom is 0.246 e. The summed E-state index contributed by atoms with van der Waals surface area (Å²) in [5.74, 6) is 0.545. The molecule has 1 atom stereocenters. The zero-order valence-electron chi connectivity index (χ0n) is 11.1. The second-order valence-corrected chi connectivity index (χ2v) is 4.59. The molecule has 1 N–H and O–H groups in total. The zero-order valence-corrected chi connectivity index (χ0v) is 11.8. The van der Waals surface area contributed by atoms with Crippen molar-refractivity contribution in [2.75, 3.05) is 13.7 Å². The van der Waals surface area contributed by atoms with E-state index in [1.165, 1.54) is 7.11 Å². The van der Waals surface area contributed by atoms with Crippen LogP contribution < -0.4 is 5.32 Å². The van der Waals surface area contributed by atoms with Crippen molar-refractivity contribution >= 4 is 17.5 Å². The number of halogens is 1. The molecule has 0 saturated heterocycles. The van der Waals surface area contributed by atoms with Crippen LogP contribution in [0.2, 0.25) is 5.02 Å². The fraction of sp³-hybridized carbons (Fsp3) is 0.308. The van der Waals surface area contributed by atoms with Crippen LogP contribution in [0.1, 0.15) is 23.3 Å². The number of carbonyl (C=O) groups is 1. The quantitative estimate of drug-likeness (QED) is 0.911. The minimum Gasteiger partial charge on any atom is -0.375 e. The molecule has 2 aromatic rings. The van der Waals surface area contributed by atoms with Gasteiger partial charge in [-0.25, -0.2) is 0 Å². The third-order valence-corrected chi connectivity index (χ3v) is 2.84. The van der Waals surface area contributed by atoms with E-state index in [2.05, 4.69) is 15.5 Å². The lowest BCUT2D eigenvalue weighted by Crippen LogP contribution is -2.32. The van der Waals surface area contributed by atoms with E-state index < -0.39 is 6.04 Å². The SMILES string of the molecule is COCC(=O)N[C@@H](c1ccc(Cl)cc1)c1noc(C)n1. The largest absolute Gasteiger partial charge is 0.375 e. The average molecular weight is 296 g/mol. The number of rotatable bonds is 5. The van der Waals surface area contributed by atoms with Crippen molar-refractivity contribution in [1.29, 1.82) is 0 Å². The van der Waals surface area contributed by atoms with Gasteiger partial charge in [0.2, 0.25) is 11.8 Å². The van der Waals surface area contributed by atoms with E-state index >= 15 is 0 Å². The standard InChI is InChI=1S/C13H14ClN3O3/c1-8-15-13(17-20-8)12(16-11(18)7-19-2)9-3-5-10(14)6-4-9/h3-6,12H,7H2,1-2H3,(H,16,18)/t12-/m0/s1. The zero-order chi connectivity index (χ0) is 14.5. The van der Waals surface area contributed by atoms with Crippen molar-refractivity contribution in [2.24, 2.45) is 0 Å². The molecule has 0 aliphatic heterocycles. The first kappa shape index (κ1) is 14.5. The lowest BCUT2D eigenvalue weighted by Gasteiger charge is -2.15. The van der Waals surface area contributed by atoms with Crippen LogP contribution in [0.3, 0.4) is 0 Å². The summed E-state index contributed by atoms with van der Waals surface area (Å²) in [7, 11) is 1.45. The second kappa shape index (κ2) is 6.49. The molecule has 0 saturated carbocycles. The number of nitrogens with zero attached hydrogens (tertiary/aromatic N) is 2. The Morgan fingerprint density at radius 2 is 2.15 bits per heavy atom. The molecular weight excluding hydrogens is 282 g/mol. The van der Waals surface area contributed by atoms with Gasteiger partial charge in [-0.1, -0.05) is 28.9 Å². The third-order valence-electron chi connectivity index (χ3n) is 2.59. The molecule has 6 nitrogen and oxygen atoms in total. The Hall–Kier alpha value is -1.92. The van der Waals surface area contributed by atoms with Gasteiger partial charge in [0.25, 0.3) is 0 Å². The van der Waals surface area contributed by atoms with Crippen LogP contribution in [-0.4, -0.2) is 29.8 Å². The first-order chi connectivity index (χ1) is 9.60. The highest BCUT2D eigenvalue weighted by Gasteiger charge is 2.21. The van der Waals surface area contributed by atoms with Gasteiger partial charge in [0, 0.05) is 19.1 Å². The number of aromatic nitrogens is 2. The predicted octanol–water partition coefficient (Wildman–Crippen LogP) is 1.88. The summed E-state index contributed by atoms with van der Waals surface area (Å²) in [6.45, 7) is 1.65. The lowest BCUT2D eigenvalue weighted by molar-refractivity contribution is -0.125. The number of methoxy groups -OCH3 is 1. The third kappa shape index (κ3) is 3.55. The second-order valence-electron chi connectivity index (χ2n) is 4.16. The molecule has 1 amide bonds. The predicted molar refractivity (Wildman–Crippen MR) is 72.3 cm³/mol. The van der Waals surface area contributed by atoms with Crippen molar-refractivity contribution in [2.45, 2.75) is 13.0 Å². The molecule has 1 aromatic heterocycles. The molecule has 2 rings (SSSR count). The number of benzene rings is 1. The van der Waals surface area contributed by atoms with Gasteiger partial charge in [-0.05, 0) is 17.7 Å². The van der Waals surface area contributed by atoms with E-state index in [0.29, 0.717) is 16.7 Å². The van der Waals surface area contributed by atoms with Crippen LogP contribution in [0.4, 0.5) is 0 Å². The van der Waals surface area contributed by atoms with Gasteiger partial charge in [-0.2, -0.15) is 4.98 Å². The summed E-state index contributed by atoms with van der Waals surface area (Å²) in [5, 5.41) is 7.26. The van der Waals surface area contributed by atoms with Crippen LogP contribution in [0.15, 0.2) is 28.8 Å². The summed E-state index contributed by atoms with van der Waals surface area (Å²) in [5.41, 5.74) is 0.805. The van der Waals surface area contributed by atoms with Crippen LogP contribution in [0.25, 0.3) is 0 Å². The van der Waals surface area contributed by atoms with Gasteiger partial charge >= 0.3 is 0 Å². The Morgan fingerprint density at radius 3 is 2.70 bits per heavy atom. The monoisotopic (exact) mass is 295 g/mol. The van der Waals surface area contributed by atoms with Crippen LogP contribution in [-0.2, 0) is 9.53 Å². The Kier molecular flexibility index (Phi) is 4.70. The van der Waals surface area contributed by atoms with E-state index in [0.717, 1.165) is 5.56 Å². The molecule has 20 heavy (non-hydrogen) atoms. The number of nitrogens with one attached hydrogen (secondary N) is 1. The molecule has 0 bridgehead atoms. The smallest absolute Gasteiger partial charge is 0.246 e. The van der Waals surface area contributed by atoms with E-state index in [9.17, 15) is 4.79 Å². The minimum atomic E-state index is -0.507. The summed E-state index contributed by atoms with van der Waals surface area (Å²) in [6, 6.07) is 6.56. The number of hydrogen-bond donors (Lipinski definition) is 1. The Balaban J connectivity index is 2.28. The normalized spacial score (nSPS) is 12.2. The van der Waals surface area contributed by atoms with Crippen molar-refractivity contribution in [1.82, 2.24) is 15.5 Å². The molecule has 0 spiro atoms. The molecule has 0 aliphatic carbocycles. The van der Waals surface area contributed by atoms with Gasteiger partial charge < -0.3 is 14.6 Å².